The molecule has 0 bridgehead atoms. The highest BCUT2D eigenvalue weighted by Crippen LogP contribution is 2.41. The van der Waals surface area contributed by atoms with Crippen molar-refractivity contribution in [3.63, 3.8) is 0 Å². The first-order chi connectivity index (χ1) is 18.8. The second-order valence-corrected chi connectivity index (χ2v) is 13.7. The molecule has 0 radical (unpaired) electrons. The van der Waals surface area contributed by atoms with E-state index < -0.39 is 0 Å². The van der Waals surface area contributed by atoms with E-state index in [0.717, 1.165) is 35.8 Å². The Hall–Kier alpha value is -1.80. The van der Waals surface area contributed by atoms with Crippen LogP contribution in [0.1, 0.15) is 162 Å². The molecule has 2 nitrogen and oxygen atoms in total. The summed E-state index contributed by atoms with van der Waals surface area (Å²) < 4.78 is 0. The highest BCUT2D eigenvalue weighted by atomic mass is 14.4. The summed E-state index contributed by atoms with van der Waals surface area (Å²) >= 11 is 0. The molecule has 5 rings (SSSR count). The first-order valence-electron chi connectivity index (χ1n) is 16.8. The third kappa shape index (κ3) is 6.85. The number of rotatable bonds is 8. The molecule has 0 heterocycles. The maximum atomic E-state index is 10.6. The maximum absolute atomic E-state index is 10.6. The van der Waals surface area contributed by atoms with Gasteiger partial charge in [0.1, 0.15) is 12.1 Å². The smallest absolute Gasteiger partial charge is 0.101 e. The number of hydrogen-bond donors (Lipinski definition) is 0. The van der Waals surface area contributed by atoms with Gasteiger partial charge in [0.2, 0.25) is 0 Å². The molecule has 0 aliphatic heterocycles. The second kappa shape index (κ2) is 14.0. The summed E-state index contributed by atoms with van der Waals surface area (Å²) in [5.74, 6) is 2.92. The van der Waals surface area contributed by atoms with E-state index in [-0.39, 0.29) is 0 Å². The molecule has 2 heteroatoms. The largest absolute Gasteiger partial charge is 0.192 e. The van der Waals surface area contributed by atoms with Crippen LogP contribution in [-0.4, -0.2) is 0 Å². The Kier molecular flexibility index (Phi) is 10.2. The Morgan fingerprint density at radius 3 is 0.842 bits per heavy atom. The van der Waals surface area contributed by atoms with Crippen LogP contribution in [0.2, 0.25) is 0 Å². The topological polar surface area (TPSA) is 47.6 Å². The van der Waals surface area contributed by atoms with Crippen LogP contribution in [0.3, 0.4) is 0 Å². The van der Waals surface area contributed by atoms with E-state index in [9.17, 15) is 10.5 Å². The minimum atomic E-state index is 0.694. The van der Waals surface area contributed by atoms with Gasteiger partial charge in [0.25, 0.3) is 0 Å². The van der Waals surface area contributed by atoms with E-state index in [4.69, 9.17) is 0 Å². The highest BCUT2D eigenvalue weighted by molar-refractivity contribution is 5.62. The first-order valence-corrected chi connectivity index (χ1v) is 16.8. The SMILES string of the molecule is N#Cc1c(C#N)c(CC2CCCCC2)c(CC2CCCCC2)c(CC2CCCCC2)c1CC1CCCCC1. The number of nitriles is 2. The van der Waals surface area contributed by atoms with Crippen molar-refractivity contribution in [1.29, 1.82) is 10.5 Å². The van der Waals surface area contributed by atoms with Crippen LogP contribution in [0.25, 0.3) is 0 Å². The third-order valence-corrected chi connectivity index (χ3v) is 11.0. The van der Waals surface area contributed by atoms with E-state index in [1.807, 2.05) is 0 Å². The molecule has 4 fully saturated rings. The van der Waals surface area contributed by atoms with Crippen LogP contribution in [0.4, 0.5) is 0 Å². The molecule has 0 atom stereocenters. The lowest BCUT2D eigenvalue weighted by Crippen LogP contribution is -2.22. The van der Waals surface area contributed by atoms with Crippen LogP contribution in [0.15, 0.2) is 0 Å². The predicted octanol–water partition coefficient (Wildman–Crippen LogP) is 9.92. The van der Waals surface area contributed by atoms with Gasteiger partial charge in [-0.25, -0.2) is 0 Å². The molecular formula is C36H52N2. The average molecular weight is 513 g/mol. The normalized spacial score (nSPS) is 22.7. The number of nitrogens with zero attached hydrogens (tertiary/aromatic N) is 2. The zero-order valence-electron chi connectivity index (χ0n) is 24.2. The van der Waals surface area contributed by atoms with E-state index in [1.54, 1.807) is 11.1 Å². The fraction of sp³-hybridized carbons (Fsp3) is 0.778. The van der Waals surface area contributed by atoms with Crippen LogP contribution < -0.4 is 0 Å². The fourth-order valence-electron chi connectivity index (χ4n) is 8.88. The fourth-order valence-corrected chi connectivity index (χ4v) is 8.88. The lowest BCUT2D eigenvalue weighted by molar-refractivity contribution is 0.336. The van der Waals surface area contributed by atoms with Gasteiger partial charge < -0.3 is 0 Å². The molecule has 38 heavy (non-hydrogen) atoms. The summed E-state index contributed by atoms with van der Waals surface area (Å²) in [4.78, 5) is 0. The van der Waals surface area contributed by atoms with Gasteiger partial charge in [-0.05, 0) is 71.6 Å². The molecule has 0 aromatic heterocycles. The monoisotopic (exact) mass is 512 g/mol. The third-order valence-electron chi connectivity index (χ3n) is 11.0. The summed E-state index contributed by atoms with van der Waals surface area (Å²) in [6, 6.07) is 5.34. The quantitative estimate of drug-likeness (QED) is 0.348. The lowest BCUT2D eigenvalue weighted by Gasteiger charge is -2.32. The Balaban J connectivity index is 1.62. The van der Waals surface area contributed by atoms with Crippen molar-refractivity contribution in [3.05, 3.63) is 33.4 Å². The van der Waals surface area contributed by atoms with Gasteiger partial charge in [0, 0.05) is 0 Å². The molecule has 206 valence electrons. The van der Waals surface area contributed by atoms with Gasteiger partial charge in [-0.1, -0.05) is 128 Å². The molecule has 4 saturated carbocycles. The number of benzene rings is 1. The van der Waals surface area contributed by atoms with E-state index in [0.29, 0.717) is 11.8 Å². The van der Waals surface area contributed by atoms with Gasteiger partial charge in [-0.2, -0.15) is 10.5 Å². The minimum Gasteiger partial charge on any atom is -0.192 e. The summed E-state index contributed by atoms with van der Waals surface area (Å²) in [5.41, 5.74) is 7.41. The molecule has 4 aliphatic rings. The minimum absolute atomic E-state index is 0.694. The van der Waals surface area contributed by atoms with E-state index >= 15 is 0 Å². The summed E-state index contributed by atoms with van der Waals surface area (Å²) in [5, 5.41) is 21.3. The Morgan fingerprint density at radius 1 is 0.368 bits per heavy atom. The van der Waals surface area contributed by atoms with E-state index in [2.05, 4.69) is 12.1 Å². The molecule has 4 aliphatic carbocycles. The van der Waals surface area contributed by atoms with Crippen molar-refractivity contribution in [1.82, 2.24) is 0 Å². The van der Waals surface area contributed by atoms with Crippen molar-refractivity contribution >= 4 is 0 Å². The summed E-state index contributed by atoms with van der Waals surface area (Å²) in [6.07, 6.45) is 31.4. The van der Waals surface area contributed by atoms with Crippen molar-refractivity contribution in [2.75, 3.05) is 0 Å². The van der Waals surface area contributed by atoms with Gasteiger partial charge in [-0.15, -0.1) is 0 Å². The van der Waals surface area contributed by atoms with Gasteiger partial charge in [-0.3, -0.25) is 0 Å². The lowest BCUT2D eigenvalue weighted by atomic mass is 9.71. The molecular weight excluding hydrogens is 460 g/mol. The predicted molar refractivity (Wildman–Crippen MR) is 157 cm³/mol. The average Bonchev–Trinajstić information content (AvgIpc) is 2.98. The second-order valence-electron chi connectivity index (χ2n) is 13.7. The molecule has 0 N–H and O–H groups in total. The van der Waals surface area contributed by atoms with Crippen LogP contribution >= 0.6 is 0 Å². The Labute approximate surface area is 233 Å². The van der Waals surface area contributed by atoms with Crippen LogP contribution in [0, 0.1) is 46.3 Å². The highest BCUT2D eigenvalue weighted by Gasteiger charge is 2.31. The zero-order valence-corrected chi connectivity index (χ0v) is 24.2. The van der Waals surface area contributed by atoms with Crippen molar-refractivity contribution in [2.24, 2.45) is 23.7 Å². The van der Waals surface area contributed by atoms with Crippen molar-refractivity contribution in [2.45, 2.75) is 154 Å². The molecule has 0 amide bonds. The Bertz CT molecular complexity index is 903. The van der Waals surface area contributed by atoms with Crippen LogP contribution in [0.5, 0.6) is 0 Å². The van der Waals surface area contributed by atoms with Gasteiger partial charge in [0.15, 0.2) is 0 Å². The molecule has 0 unspecified atom stereocenters. The first kappa shape index (κ1) is 27.8. The van der Waals surface area contributed by atoms with Gasteiger partial charge in [0.05, 0.1) is 11.1 Å². The number of hydrogen-bond acceptors (Lipinski definition) is 2. The van der Waals surface area contributed by atoms with Crippen LogP contribution in [-0.2, 0) is 25.7 Å². The van der Waals surface area contributed by atoms with E-state index in [1.165, 1.54) is 152 Å². The summed E-state index contributed by atoms with van der Waals surface area (Å²) in [6.45, 7) is 0. The molecule has 0 saturated heterocycles. The summed E-state index contributed by atoms with van der Waals surface area (Å²) in [7, 11) is 0. The molecule has 0 spiro atoms. The van der Waals surface area contributed by atoms with Crippen molar-refractivity contribution < 1.29 is 0 Å². The molecule has 1 aromatic carbocycles. The maximum Gasteiger partial charge on any atom is 0.101 e. The van der Waals surface area contributed by atoms with Gasteiger partial charge >= 0.3 is 0 Å². The molecule has 1 aromatic rings. The Morgan fingerprint density at radius 2 is 0.605 bits per heavy atom. The van der Waals surface area contributed by atoms with Crippen molar-refractivity contribution in [3.8, 4) is 12.1 Å². The zero-order chi connectivity index (χ0) is 26.2. The standard InChI is InChI=1S/C36H52N2/c37-25-35-33(23-29-17-9-3-10-18-29)31(21-27-13-5-1-6-14-27)32(22-28-15-7-2-8-16-28)34(36(35)26-38)24-30-19-11-4-12-20-30/h27-30H,1-24H2.